The van der Waals surface area contributed by atoms with Crippen LogP contribution in [-0.2, 0) is 24.3 Å². The maximum Gasteiger partial charge on any atom is 0.243 e. The zero-order valence-electron chi connectivity index (χ0n) is 17.0. The van der Waals surface area contributed by atoms with Gasteiger partial charge in [-0.1, -0.05) is 23.2 Å². The minimum absolute atomic E-state index is 0.0318. The van der Waals surface area contributed by atoms with Crippen LogP contribution in [0.1, 0.15) is 6.42 Å². The second-order valence-electron chi connectivity index (χ2n) is 7.53. The van der Waals surface area contributed by atoms with E-state index in [2.05, 4.69) is 5.32 Å². The van der Waals surface area contributed by atoms with Gasteiger partial charge in [-0.3, -0.25) is 9.59 Å². The molecule has 0 aromatic heterocycles. The lowest BCUT2D eigenvalue weighted by atomic mass is 10.1. The van der Waals surface area contributed by atoms with Crippen molar-refractivity contribution >= 4 is 56.4 Å². The highest BCUT2D eigenvalue weighted by Gasteiger charge is 2.35. The Labute approximate surface area is 196 Å². The van der Waals surface area contributed by atoms with Crippen molar-refractivity contribution in [3.05, 3.63) is 52.5 Å². The number of ether oxygens (including phenoxy) is 1. The van der Waals surface area contributed by atoms with E-state index in [0.717, 1.165) is 0 Å². The molecule has 1 atom stereocenters. The number of halogens is 2. The summed E-state index contributed by atoms with van der Waals surface area (Å²) < 4.78 is 32.4. The number of morpholine rings is 1. The molecule has 1 N–H and O–H groups in total. The highest BCUT2D eigenvalue weighted by Crippen LogP contribution is 2.30. The number of hydrogen-bond acceptors (Lipinski definition) is 5. The summed E-state index contributed by atoms with van der Waals surface area (Å²) in [4.78, 5) is 26.9. The van der Waals surface area contributed by atoms with Gasteiger partial charge in [0.25, 0.3) is 0 Å². The van der Waals surface area contributed by atoms with Crippen molar-refractivity contribution in [1.82, 2.24) is 4.31 Å². The fourth-order valence-corrected chi connectivity index (χ4v) is 5.41. The van der Waals surface area contributed by atoms with Gasteiger partial charge in [0, 0.05) is 36.8 Å². The molecule has 0 aliphatic carbocycles. The van der Waals surface area contributed by atoms with Crippen LogP contribution in [0.3, 0.4) is 0 Å². The molecule has 0 radical (unpaired) electrons. The number of nitrogens with one attached hydrogen (secondary N) is 1. The van der Waals surface area contributed by atoms with Crippen LogP contribution in [0.2, 0.25) is 10.0 Å². The van der Waals surface area contributed by atoms with E-state index >= 15 is 0 Å². The smallest absolute Gasteiger partial charge is 0.243 e. The van der Waals surface area contributed by atoms with Crippen molar-refractivity contribution in [1.29, 1.82) is 0 Å². The Bertz CT molecular complexity index is 1130. The summed E-state index contributed by atoms with van der Waals surface area (Å²) in [5.41, 5.74) is 0.842. The molecule has 170 valence electrons. The first-order chi connectivity index (χ1) is 15.3. The van der Waals surface area contributed by atoms with Crippen molar-refractivity contribution in [2.45, 2.75) is 11.3 Å². The van der Waals surface area contributed by atoms with Gasteiger partial charge in [0.15, 0.2) is 0 Å². The molecular weight excluding hydrogens is 477 g/mol. The van der Waals surface area contributed by atoms with E-state index in [1.54, 1.807) is 24.3 Å². The zero-order chi connectivity index (χ0) is 22.9. The average molecular weight is 498 g/mol. The summed E-state index contributed by atoms with van der Waals surface area (Å²) in [7, 11) is -3.74. The van der Waals surface area contributed by atoms with Crippen LogP contribution >= 0.6 is 23.2 Å². The molecule has 2 aliphatic rings. The predicted octanol–water partition coefficient (Wildman–Crippen LogP) is 3.01. The van der Waals surface area contributed by atoms with Gasteiger partial charge in [-0.2, -0.15) is 4.31 Å². The quantitative estimate of drug-likeness (QED) is 0.684. The maximum atomic E-state index is 12.9. The van der Waals surface area contributed by atoms with Gasteiger partial charge in [0.2, 0.25) is 21.8 Å². The third-order valence-corrected chi connectivity index (χ3v) is 7.91. The molecule has 2 fully saturated rings. The van der Waals surface area contributed by atoms with Gasteiger partial charge >= 0.3 is 0 Å². The lowest BCUT2D eigenvalue weighted by molar-refractivity contribution is -0.122. The van der Waals surface area contributed by atoms with Crippen LogP contribution in [0.5, 0.6) is 0 Å². The third kappa shape index (κ3) is 4.77. The number of anilines is 2. The van der Waals surface area contributed by atoms with Gasteiger partial charge in [0.05, 0.1) is 34.7 Å². The van der Waals surface area contributed by atoms with Crippen molar-refractivity contribution in [3.63, 3.8) is 0 Å². The number of carbonyl (C=O) groups is 2. The Morgan fingerprint density at radius 2 is 1.75 bits per heavy atom. The fraction of sp³-hybridized carbons (Fsp3) is 0.333. The van der Waals surface area contributed by atoms with Crippen LogP contribution in [0.15, 0.2) is 47.4 Å². The number of nitrogens with zero attached hydrogens (tertiary/aromatic N) is 2. The fourth-order valence-electron chi connectivity index (χ4n) is 3.69. The lowest BCUT2D eigenvalue weighted by Gasteiger charge is -2.26. The van der Waals surface area contributed by atoms with E-state index in [0.29, 0.717) is 23.9 Å². The highest BCUT2D eigenvalue weighted by atomic mass is 35.5. The minimum atomic E-state index is -3.74. The maximum absolute atomic E-state index is 12.9. The molecular formula is C21H21Cl2N3O5S. The van der Waals surface area contributed by atoms with E-state index in [1.807, 2.05) is 0 Å². The molecule has 32 heavy (non-hydrogen) atoms. The van der Waals surface area contributed by atoms with Gasteiger partial charge in [-0.25, -0.2) is 8.42 Å². The van der Waals surface area contributed by atoms with E-state index in [-0.39, 0.29) is 47.6 Å². The van der Waals surface area contributed by atoms with Gasteiger partial charge in [0.1, 0.15) is 0 Å². The molecule has 8 nitrogen and oxygen atoms in total. The molecule has 1 unspecified atom stereocenters. The highest BCUT2D eigenvalue weighted by molar-refractivity contribution is 7.89. The Morgan fingerprint density at radius 1 is 1.06 bits per heavy atom. The molecule has 2 heterocycles. The van der Waals surface area contributed by atoms with E-state index in [4.69, 9.17) is 27.9 Å². The van der Waals surface area contributed by atoms with Crippen molar-refractivity contribution in [3.8, 4) is 0 Å². The molecule has 4 rings (SSSR count). The van der Waals surface area contributed by atoms with E-state index in [1.165, 1.54) is 27.4 Å². The molecule has 2 saturated heterocycles. The van der Waals surface area contributed by atoms with Crippen LogP contribution in [0.4, 0.5) is 11.4 Å². The molecule has 2 amide bonds. The largest absolute Gasteiger partial charge is 0.379 e. The first-order valence-corrected chi connectivity index (χ1v) is 12.2. The lowest BCUT2D eigenvalue weighted by Crippen LogP contribution is -2.40. The summed E-state index contributed by atoms with van der Waals surface area (Å²) in [6, 6.07) is 11.0. The molecule has 11 heteroatoms. The summed E-state index contributed by atoms with van der Waals surface area (Å²) in [5.74, 6) is -1.19. The second kappa shape index (κ2) is 9.36. The van der Waals surface area contributed by atoms with Gasteiger partial charge in [-0.05, 0) is 42.5 Å². The summed E-state index contributed by atoms with van der Waals surface area (Å²) >= 11 is 12.1. The number of sulfonamides is 1. The van der Waals surface area contributed by atoms with Crippen molar-refractivity contribution in [2.24, 2.45) is 5.92 Å². The Balaban J connectivity index is 1.49. The monoisotopic (exact) mass is 497 g/mol. The molecule has 2 aliphatic heterocycles. The van der Waals surface area contributed by atoms with E-state index < -0.39 is 21.8 Å². The first-order valence-electron chi connectivity index (χ1n) is 10.00. The SMILES string of the molecule is O=C(Nc1cc(S(=O)(=O)N2CCOCC2)ccc1Cl)C1CC(=O)N(c2ccc(Cl)cc2)C1. The first kappa shape index (κ1) is 23.0. The number of hydrogen-bond donors (Lipinski definition) is 1. The summed E-state index contributed by atoms with van der Waals surface area (Å²) in [5, 5.41) is 3.45. The molecule has 0 spiro atoms. The number of rotatable bonds is 5. The third-order valence-electron chi connectivity index (χ3n) is 5.44. The van der Waals surface area contributed by atoms with Crippen LogP contribution in [-0.4, -0.2) is 57.4 Å². The van der Waals surface area contributed by atoms with Crippen molar-refractivity contribution in [2.75, 3.05) is 43.1 Å². The Kier molecular flexibility index (Phi) is 6.73. The molecule has 0 bridgehead atoms. The van der Waals surface area contributed by atoms with Gasteiger partial charge in [-0.15, -0.1) is 0 Å². The minimum Gasteiger partial charge on any atom is -0.379 e. The number of benzene rings is 2. The number of amides is 2. The van der Waals surface area contributed by atoms with Gasteiger partial charge < -0.3 is 15.0 Å². The van der Waals surface area contributed by atoms with Crippen LogP contribution < -0.4 is 10.2 Å². The Morgan fingerprint density at radius 3 is 2.44 bits per heavy atom. The Hall–Kier alpha value is -2.17. The second-order valence-corrected chi connectivity index (χ2v) is 10.3. The van der Waals surface area contributed by atoms with Crippen molar-refractivity contribution < 1.29 is 22.7 Å². The standard InChI is InChI=1S/C21H21Cl2N3O5S/c22-15-1-3-16(4-2-15)26-13-14(11-20(26)27)21(28)24-19-12-17(5-6-18(19)23)32(29,30)25-7-9-31-10-8-25/h1-6,12,14H,7-11,13H2,(H,24,28). The normalized spacial score (nSPS) is 19.9. The molecule has 2 aromatic rings. The summed E-state index contributed by atoms with van der Waals surface area (Å²) in [6.07, 6.45) is 0.0395. The number of carbonyl (C=O) groups excluding carboxylic acids is 2. The average Bonchev–Trinajstić information content (AvgIpc) is 3.18. The van der Waals surface area contributed by atoms with Crippen LogP contribution in [0.25, 0.3) is 0 Å². The molecule has 0 saturated carbocycles. The van der Waals surface area contributed by atoms with Crippen LogP contribution in [0, 0.1) is 5.92 Å². The zero-order valence-corrected chi connectivity index (χ0v) is 19.3. The molecule has 2 aromatic carbocycles. The predicted molar refractivity (Wildman–Crippen MR) is 122 cm³/mol. The topological polar surface area (TPSA) is 96.0 Å². The van der Waals surface area contributed by atoms with E-state index in [9.17, 15) is 18.0 Å². The summed E-state index contributed by atoms with van der Waals surface area (Å²) in [6.45, 7) is 1.39.